The number of carbonyl (C=O) groups is 1. The number of hydrazine groups is 1. The predicted molar refractivity (Wildman–Crippen MR) is 68.5 cm³/mol. The molecule has 1 aliphatic rings. The maximum atomic E-state index is 12.1. The van der Waals surface area contributed by atoms with E-state index in [0.717, 1.165) is 18.4 Å². The lowest BCUT2D eigenvalue weighted by atomic mass is 10.00. The molecule has 3 heteroatoms. The molecule has 1 aromatic rings. The minimum absolute atomic E-state index is 0.00815. The molecular formula is C14H20N2O. The Labute approximate surface area is 103 Å². The quantitative estimate of drug-likeness (QED) is 0.850. The van der Waals surface area contributed by atoms with E-state index in [0.29, 0.717) is 12.1 Å². The Morgan fingerprint density at radius 1 is 1.18 bits per heavy atom. The molecule has 2 rings (SSSR count). The van der Waals surface area contributed by atoms with Crippen LogP contribution in [-0.4, -0.2) is 23.0 Å². The van der Waals surface area contributed by atoms with Crippen LogP contribution in [0.4, 0.5) is 0 Å². The molecule has 1 saturated heterocycles. The minimum atomic E-state index is -0.00815. The fourth-order valence-corrected chi connectivity index (χ4v) is 2.41. The van der Waals surface area contributed by atoms with Crippen LogP contribution in [0, 0.1) is 0 Å². The molecular weight excluding hydrogens is 212 g/mol. The number of rotatable bonds is 2. The zero-order valence-corrected chi connectivity index (χ0v) is 10.5. The third-order valence-electron chi connectivity index (χ3n) is 3.46. The smallest absolute Gasteiger partial charge is 0.265 e. The molecule has 0 aromatic heterocycles. The molecule has 1 fully saturated rings. The van der Waals surface area contributed by atoms with Gasteiger partial charge in [0.2, 0.25) is 0 Å². The lowest BCUT2D eigenvalue weighted by molar-refractivity contribution is 0.0370. The van der Waals surface area contributed by atoms with E-state index in [1.807, 2.05) is 30.3 Å². The number of nitrogens with zero attached hydrogens (tertiary/aromatic N) is 1. The van der Waals surface area contributed by atoms with Crippen LogP contribution in [-0.2, 0) is 0 Å². The molecule has 0 unspecified atom stereocenters. The summed E-state index contributed by atoms with van der Waals surface area (Å²) in [5.41, 5.74) is 3.75. The summed E-state index contributed by atoms with van der Waals surface area (Å²) >= 11 is 0. The summed E-state index contributed by atoms with van der Waals surface area (Å²) < 4.78 is 0. The number of benzene rings is 1. The van der Waals surface area contributed by atoms with Crippen molar-refractivity contribution in [2.24, 2.45) is 0 Å². The Morgan fingerprint density at radius 3 is 2.35 bits per heavy atom. The monoisotopic (exact) mass is 232 g/mol. The first kappa shape index (κ1) is 12.1. The van der Waals surface area contributed by atoms with Gasteiger partial charge >= 0.3 is 0 Å². The van der Waals surface area contributed by atoms with Crippen molar-refractivity contribution >= 4 is 5.91 Å². The summed E-state index contributed by atoms with van der Waals surface area (Å²) in [5.74, 6) is -0.00815. The van der Waals surface area contributed by atoms with E-state index in [1.165, 1.54) is 6.42 Å². The Hall–Kier alpha value is -1.35. The Kier molecular flexibility index (Phi) is 3.79. The molecule has 0 spiro atoms. The number of nitrogens with one attached hydrogen (secondary N) is 1. The number of piperidine rings is 1. The molecule has 1 amide bonds. The summed E-state index contributed by atoms with van der Waals surface area (Å²) in [4.78, 5) is 12.1. The van der Waals surface area contributed by atoms with Gasteiger partial charge in [-0.2, -0.15) is 0 Å². The number of amides is 1. The Balaban J connectivity index is 2.03. The van der Waals surface area contributed by atoms with Gasteiger partial charge in [0.05, 0.1) is 0 Å². The third-order valence-corrected chi connectivity index (χ3v) is 3.46. The van der Waals surface area contributed by atoms with Crippen LogP contribution in [0.5, 0.6) is 0 Å². The van der Waals surface area contributed by atoms with Crippen LogP contribution in [0.1, 0.15) is 43.5 Å². The fourth-order valence-electron chi connectivity index (χ4n) is 2.41. The molecule has 1 N–H and O–H groups in total. The van der Waals surface area contributed by atoms with E-state index in [-0.39, 0.29) is 5.91 Å². The van der Waals surface area contributed by atoms with E-state index in [2.05, 4.69) is 24.3 Å². The average molecular weight is 232 g/mol. The standard InChI is InChI=1S/C14H20N2O/c1-11-7-6-8-12(2)16(11)15-14(17)13-9-4-3-5-10-13/h3-5,9-12H,6-8H2,1-2H3,(H,15,17)/t11-,12-/m1/s1. The molecule has 2 atom stereocenters. The Morgan fingerprint density at radius 2 is 1.76 bits per heavy atom. The van der Waals surface area contributed by atoms with Crippen molar-refractivity contribution < 1.29 is 4.79 Å². The van der Waals surface area contributed by atoms with Crippen molar-refractivity contribution in [3.05, 3.63) is 35.9 Å². The van der Waals surface area contributed by atoms with Gasteiger partial charge in [-0.25, -0.2) is 5.01 Å². The molecule has 0 saturated carbocycles. The van der Waals surface area contributed by atoms with E-state index in [1.54, 1.807) is 0 Å². The van der Waals surface area contributed by atoms with E-state index < -0.39 is 0 Å². The van der Waals surface area contributed by atoms with E-state index in [4.69, 9.17) is 0 Å². The number of hydrogen-bond donors (Lipinski definition) is 1. The van der Waals surface area contributed by atoms with Gasteiger partial charge in [0, 0.05) is 17.6 Å². The first-order valence-electron chi connectivity index (χ1n) is 6.33. The van der Waals surface area contributed by atoms with Gasteiger partial charge in [-0.15, -0.1) is 0 Å². The lowest BCUT2D eigenvalue weighted by Crippen LogP contribution is -2.54. The van der Waals surface area contributed by atoms with Crippen molar-refractivity contribution in [1.29, 1.82) is 0 Å². The Bertz CT molecular complexity index is 367. The van der Waals surface area contributed by atoms with Gasteiger partial charge in [0.25, 0.3) is 5.91 Å². The summed E-state index contributed by atoms with van der Waals surface area (Å²) in [6, 6.07) is 10.2. The normalized spacial score (nSPS) is 25.5. The minimum Gasteiger partial charge on any atom is -0.284 e. The molecule has 3 nitrogen and oxygen atoms in total. The molecule has 0 radical (unpaired) electrons. The maximum absolute atomic E-state index is 12.1. The molecule has 92 valence electrons. The summed E-state index contributed by atoms with van der Waals surface area (Å²) in [5, 5.41) is 2.10. The van der Waals surface area contributed by atoms with Crippen LogP contribution in [0.2, 0.25) is 0 Å². The molecule has 1 aliphatic heterocycles. The van der Waals surface area contributed by atoms with Gasteiger partial charge < -0.3 is 0 Å². The summed E-state index contributed by atoms with van der Waals surface area (Å²) in [6.07, 6.45) is 3.55. The number of carbonyl (C=O) groups excluding carboxylic acids is 1. The molecule has 1 heterocycles. The molecule has 1 aromatic carbocycles. The first-order valence-corrected chi connectivity index (χ1v) is 6.33. The zero-order chi connectivity index (χ0) is 12.3. The van der Waals surface area contributed by atoms with Crippen molar-refractivity contribution in [2.75, 3.05) is 0 Å². The van der Waals surface area contributed by atoms with Gasteiger partial charge in [0.15, 0.2) is 0 Å². The highest BCUT2D eigenvalue weighted by atomic mass is 16.2. The SMILES string of the molecule is C[C@@H]1CCC[C@@H](C)N1NC(=O)c1ccccc1. The van der Waals surface area contributed by atoms with Crippen LogP contribution >= 0.6 is 0 Å². The molecule has 17 heavy (non-hydrogen) atoms. The summed E-state index contributed by atoms with van der Waals surface area (Å²) in [7, 11) is 0. The molecule has 0 bridgehead atoms. The van der Waals surface area contributed by atoms with Crippen LogP contribution in [0.3, 0.4) is 0 Å². The van der Waals surface area contributed by atoms with Gasteiger partial charge in [-0.05, 0) is 38.8 Å². The van der Waals surface area contributed by atoms with Gasteiger partial charge in [0.1, 0.15) is 0 Å². The topological polar surface area (TPSA) is 32.3 Å². The largest absolute Gasteiger partial charge is 0.284 e. The lowest BCUT2D eigenvalue weighted by Gasteiger charge is -2.38. The van der Waals surface area contributed by atoms with E-state index in [9.17, 15) is 4.79 Å². The van der Waals surface area contributed by atoms with Gasteiger partial charge in [-0.3, -0.25) is 10.2 Å². The second-order valence-electron chi connectivity index (χ2n) is 4.84. The highest BCUT2D eigenvalue weighted by molar-refractivity contribution is 5.93. The number of hydrogen-bond acceptors (Lipinski definition) is 2. The van der Waals surface area contributed by atoms with Crippen molar-refractivity contribution in [3.63, 3.8) is 0 Å². The van der Waals surface area contributed by atoms with Crippen LogP contribution in [0.25, 0.3) is 0 Å². The maximum Gasteiger partial charge on any atom is 0.265 e. The van der Waals surface area contributed by atoms with Crippen molar-refractivity contribution in [2.45, 2.75) is 45.2 Å². The highest BCUT2D eigenvalue weighted by Crippen LogP contribution is 2.20. The zero-order valence-electron chi connectivity index (χ0n) is 10.5. The van der Waals surface area contributed by atoms with E-state index >= 15 is 0 Å². The third kappa shape index (κ3) is 2.86. The predicted octanol–water partition coefficient (Wildman–Crippen LogP) is 2.59. The fraction of sp³-hybridized carbons (Fsp3) is 0.500. The first-order chi connectivity index (χ1) is 8.18. The summed E-state index contributed by atoms with van der Waals surface area (Å²) in [6.45, 7) is 4.34. The van der Waals surface area contributed by atoms with Crippen molar-refractivity contribution in [1.82, 2.24) is 10.4 Å². The van der Waals surface area contributed by atoms with Gasteiger partial charge in [-0.1, -0.05) is 24.6 Å². The van der Waals surface area contributed by atoms with Crippen LogP contribution in [0.15, 0.2) is 30.3 Å². The van der Waals surface area contributed by atoms with Crippen LogP contribution < -0.4 is 5.43 Å². The average Bonchev–Trinajstić information content (AvgIpc) is 2.35. The van der Waals surface area contributed by atoms with Crippen molar-refractivity contribution in [3.8, 4) is 0 Å². The second kappa shape index (κ2) is 5.32. The highest BCUT2D eigenvalue weighted by Gasteiger charge is 2.26. The molecule has 0 aliphatic carbocycles. The second-order valence-corrected chi connectivity index (χ2v) is 4.84.